The van der Waals surface area contributed by atoms with E-state index in [1.165, 1.54) is 9.80 Å². The largest absolute Gasteiger partial charge is 0.465 e. The zero-order chi connectivity index (χ0) is 24.1. The number of amides is 3. The molecule has 2 N–H and O–H groups in total. The third-order valence-electron chi connectivity index (χ3n) is 5.84. The molecule has 178 valence electrons. The molecule has 1 atom stereocenters. The van der Waals surface area contributed by atoms with Crippen molar-refractivity contribution in [3.8, 4) is 0 Å². The molecule has 0 radical (unpaired) electrons. The van der Waals surface area contributed by atoms with Gasteiger partial charge in [0, 0.05) is 37.9 Å². The molecule has 3 amide bonds. The number of fused-ring (bicyclic) bond motifs is 1. The molecule has 1 fully saturated rings. The Balaban J connectivity index is 1.68. The number of anilines is 2. The highest BCUT2D eigenvalue weighted by atomic mass is 16.5. The molecule has 0 bridgehead atoms. The average Bonchev–Trinajstić information content (AvgIpc) is 2.95. The number of likely N-dealkylation sites (N-methyl/N-ethyl adjacent to an activating group) is 1. The smallest absolute Gasteiger partial charge is 0.406 e. The Bertz CT molecular complexity index is 1080. The summed E-state index contributed by atoms with van der Waals surface area (Å²) in [6.07, 6.45) is -2.73. The van der Waals surface area contributed by atoms with Crippen LogP contribution in [0.1, 0.15) is 5.56 Å². The minimum Gasteiger partial charge on any atom is -0.465 e. The second-order valence-corrected chi connectivity index (χ2v) is 8.05. The number of carbonyl (C=O) groups is 3. The van der Waals surface area contributed by atoms with E-state index in [0.717, 1.165) is 0 Å². The highest BCUT2D eigenvalue weighted by Gasteiger charge is 2.34. The highest BCUT2D eigenvalue weighted by molar-refractivity contribution is 6.15. The molecular weight excluding hydrogens is 438 g/mol. The van der Waals surface area contributed by atoms with Crippen LogP contribution in [0.3, 0.4) is 0 Å². The fourth-order valence-corrected chi connectivity index (χ4v) is 4.01. The number of carbonyl (C=O) groups excluding carboxylic acids is 2. The van der Waals surface area contributed by atoms with Crippen molar-refractivity contribution in [2.24, 2.45) is 4.99 Å². The molecular formula is C24H27N5O5. The van der Waals surface area contributed by atoms with Crippen molar-refractivity contribution in [3.63, 3.8) is 0 Å². The number of nitrogens with one attached hydrogen (secondary N) is 1. The van der Waals surface area contributed by atoms with Crippen LogP contribution in [-0.4, -0.2) is 86.2 Å². The average molecular weight is 466 g/mol. The lowest BCUT2D eigenvalue weighted by molar-refractivity contribution is -0.123. The first kappa shape index (κ1) is 23.4. The van der Waals surface area contributed by atoms with Crippen molar-refractivity contribution in [1.29, 1.82) is 0 Å². The number of hydrogen-bond donors (Lipinski definition) is 2. The number of ether oxygens (including phenoxy) is 1. The predicted octanol–water partition coefficient (Wildman–Crippen LogP) is 1.41. The number of aliphatic imine (C=N–C) groups is 1. The zero-order valence-electron chi connectivity index (χ0n) is 18.9. The first-order valence-corrected chi connectivity index (χ1v) is 11.0. The zero-order valence-corrected chi connectivity index (χ0v) is 18.9. The van der Waals surface area contributed by atoms with Gasteiger partial charge in [-0.1, -0.05) is 36.4 Å². The van der Waals surface area contributed by atoms with Crippen molar-refractivity contribution in [1.82, 2.24) is 10.2 Å². The Kier molecular flexibility index (Phi) is 7.19. The van der Waals surface area contributed by atoms with Gasteiger partial charge in [-0.25, -0.2) is 4.79 Å². The first-order chi connectivity index (χ1) is 16.4. The second kappa shape index (κ2) is 10.4. The summed E-state index contributed by atoms with van der Waals surface area (Å²) in [5, 5.41) is 11.6. The molecule has 0 aliphatic carbocycles. The molecule has 1 saturated heterocycles. The number of morpholine rings is 1. The topological polar surface area (TPSA) is 115 Å². The van der Waals surface area contributed by atoms with Crippen LogP contribution < -0.4 is 15.1 Å². The molecule has 0 saturated carbocycles. The Morgan fingerprint density at radius 1 is 1.12 bits per heavy atom. The number of benzodiazepines with no additional fused rings is 1. The summed E-state index contributed by atoms with van der Waals surface area (Å²) >= 11 is 0. The van der Waals surface area contributed by atoms with Crippen LogP contribution in [0.15, 0.2) is 59.6 Å². The molecule has 0 spiro atoms. The summed E-state index contributed by atoms with van der Waals surface area (Å²) in [5.74, 6) is -0.929. The van der Waals surface area contributed by atoms with Crippen LogP contribution in [0, 0.1) is 0 Å². The maximum Gasteiger partial charge on any atom is 0.406 e. The van der Waals surface area contributed by atoms with E-state index in [1.54, 1.807) is 31.3 Å². The minimum atomic E-state index is -1.37. The van der Waals surface area contributed by atoms with Gasteiger partial charge < -0.3 is 14.7 Å². The number of para-hydroxylation sites is 2. The SMILES string of the molecule is CN(C(=O)CN1C(=O)C(NC(=O)O)N=C(CN2CCOCC2)c2ccccc21)c1ccccc1. The molecule has 10 heteroatoms. The maximum absolute atomic E-state index is 13.5. The van der Waals surface area contributed by atoms with Crippen LogP contribution in [0.25, 0.3) is 0 Å². The van der Waals surface area contributed by atoms with Crippen LogP contribution in [0.5, 0.6) is 0 Å². The predicted molar refractivity (Wildman–Crippen MR) is 127 cm³/mol. The van der Waals surface area contributed by atoms with Crippen LogP contribution in [0.4, 0.5) is 16.2 Å². The fourth-order valence-electron chi connectivity index (χ4n) is 4.01. The van der Waals surface area contributed by atoms with E-state index in [0.29, 0.717) is 55.5 Å². The molecule has 0 aromatic heterocycles. The van der Waals surface area contributed by atoms with Crippen molar-refractivity contribution < 1.29 is 24.2 Å². The third kappa shape index (κ3) is 5.24. The Labute approximate surface area is 197 Å². The van der Waals surface area contributed by atoms with E-state index < -0.39 is 18.2 Å². The fraction of sp³-hybridized carbons (Fsp3) is 0.333. The van der Waals surface area contributed by atoms with Crippen molar-refractivity contribution >= 4 is 35.0 Å². The summed E-state index contributed by atoms with van der Waals surface area (Å²) in [6.45, 7) is 2.76. The lowest BCUT2D eigenvalue weighted by Crippen LogP contribution is -2.50. The van der Waals surface area contributed by atoms with Gasteiger partial charge in [-0.3, -0.25) is 29.7 Å². The molecule has 2 aromatic rings. The Morgan fingerprint density at radius 3 is 2.50 bits per heavy atom. The molecule has 1 unspecified atom stereocenters. The molecule has 2 aliphatic rings. The van der Waals surface area contributed by atoms with Crippen LogP contribution in [-0.2, 0) is 14.3 Å². The number of benzene rings is 2. The van der Waals surface area contributed by atoms with Gasteiger partial charge in [-0.15, -0.1) is 0 Å². The lowest BCUT2D eigenvalue weighted by Gasteiger charge is -2.28. The van der Waals surface area contributed by atoms with Gasteiger partial charge >= 0.3 is 6.09 Å². The van der Waals surface area contributed by atoms with Crippen molar-refractivity contribution in [2.45, 2.75) is 6.17 Å². The molecule has 2 aliphatic heterocycles. The van der Waals surface area contributed by atoms with E-state index in [1.807, 2.05) is 30.3 Å². The Hall–Kier alpha value is -3.76. The van der Waals surface area contributed by atoms with E-state index in [-0.39, 0.29) is 12.5 Å². The van der Waals surface area contributed by atoms with Gasteiger partial charge in [0.25, 0.3) is 5.91 Å². The Morgan fingerprint density at radius 2 is 1.79 bits per heavy atom. The summed E-state index contributed by atoms with van der Waals surface area (Å²) < 4.78 is 5.42. The standard InChI is InChI=1S/C24H27N5O5/c1-27(17-7-3-2-4-8-17)21(30)16-29-20-10-6-5-9-18(20)19(15-28-11-13-34-14-12-28)25-22(23(29)31)26-24(32)33/h2-10,22,26H,11-16H2,1H3,(H,32,33). The first-order valence-electron chi connectivity index (χ1n) is 11.0. The highest BCUT2D eigenvalue weighted by Crippen LogP contribution is 2.27. The number of nitrogens with zero attached hydrogens (tertiary/aromatic N) is 4. The monoisotopic (exact) mass is 465 g/mol. The molecule has 2 aromatic carbocycles. The normalized spacial score (nSPS) is 18.5. The van der Waals surface area contributed by atoms with Gasteiger partial charge in [0.15, 0.2) is 0 Å². The quantitative estimate of drug-likeness (QED) is 0.667. The lowest BCUT2D eigenvalue weighted by atomic mass is 10.1. The molecule has 2 heterocycles. The van der Waals surface area contributed by atoms with Gasteiger partial charge in [0.2, 0.25) is 12.1 Å². The summed E-state index contributed by atoms with van der Waals surface area (Å²) in [6, 6.07) is 16.3. The summed E-state index contributed by atoms with van der Waals surface area (Å²) in [4.78, 5) is 47.5. The van der Waals surface area contributed by atoms with E-state index in [4.69, 9.17) is 4.74 Å². The van der Waals surface area contributed by atoms with Crippen molar-refractivity contribution in [3.05, 3.63) is 60.2 Å². The van der Waals surface area contributed by atoms with Gasteiger partial charge in [0.1, 0.15) is 6.54 Å². The number of carboxylic acid groups (broad SMARTS) is 1. The van der Waals surface area contributed by atoms with Crippen LogP contribution in [0.2, 0.25) is 0 Å². The molecule has 34 heavy (non-hydrogen) atoms. The number of hydrogen-bond acceptors (Lipinski definition) is 6. The van der Waals surface area contributed by atoms with Gasteiger partial charge in [-0.2, -0.15) is 0 Å². The van der Waals surface area contributed by atoms with E-state index in [9.17, 15) is 19.5 Å². The molecule has 10 nitrogen and oxygen atoms in total. The minimum absolute atomic E-state index is 0.264. The van der Waals surface area contributed by atoms with Crippen LogP contribution >= 0.6 is 0 Å². The van der Waals surface area contributed by atoms with E-state index in [2.05, 4.69) is 15.2 Å². The second-order valence-electron chi connectivity index (χ2n) is 8.05. The van der Waals surface area contributed by atoms with Gasteiger partial charge in [-0.05, 0) is 18.2 Å². The summed E-state index contributed by atoms with van der Waals surface area (Å²) in [5.41, 5.74) is 2.47. The number of rotatable bonds is 6. The summed E-state index contributed by atoms with van der Waals surface area (Å²) in [7, 11) is 1.64. The van der Waals surface area contributed by atoms with Gasteiger partial charge in [0.05, 0.1) is 24.6 Å². The maximum atomic E-state index is 13.5. The van der Waals surface area contributed by atoms with E-state index >= 15 is 0 Å². The third-order valence-corrected chi connectivity index (χ3v) is 5.84. The van der Waals surface area contributed by atoms with Crippen molar-refractivity contribution in [2.75, 3.05) is 56.2 Å². The molecule has 4 rings (SSSR count).